The molecule has 6 nitrogen and oxygen atoms in total. The van der Waals surface area contributed by atoms with E-state index in [-0.39, 0.29) is 5.91 Å². The molecule has 1 N–H and O–H groups in total. The molecule has 2 heterocycles. The quantitative estimate of drug-likeness (QED) is 0.232. The summed E-state index contributed by atoms with van der Waals surface area (Å²) in [7, 11) is 1.63. The van der Waals surface area contributed by atoms with Gasteiger partial charge in [0.15, 0.2) is 0 Å². The van der Waals surface area contributed by atoms with Crippen molar-refractivity contribution in [3.05, 3.63) is 95.2 Å². The SMILES string of the molecule is CCn1c(C)c(/C=N/NC(=O)c2cc(-c3ccc(OC)cc3)nc3ccccc23)c2cc(C)ccc21. The van der Waals surface area contributed by atoms with E-state index in [4.69, 9.17) is 9.72 Å². The van der Waals surface area contributed by atoms with Gasteiger partial charge in [0.2, 0.25) is 0 Å². The van der Waals surface area contributed by atoms with E-state index in [1.807, 2.05) is 54.6 Å². The maximum absolute atomic E-state index is 13.3. The van der Waals surface area contributed by atoms with E-state index in [0.29, 0.717) is 11.3 Å². The number of pyridine rings is 1. The van der Waals surface area contributed by atoms with Crippen molar-refractivity contribution in [1.82, 2.24) is 15.0 Å². The number of benzene rings is 3. The molecule has 2 aromatic heterocycles. The average molecular weight is 477 g/mol. The number of rotatable bonds is 6. The van der Waals surface area contributed by atoms with E-state index in [9.17, 15) is 4.79 Å². The number of carbonyl (C=O) groups is 1. The molecule has 0 saturated carbocycles. The van der Waals surface area contributed by atoms with Crippen LogP contribution >= 0.6 is 0 Å². The van der Waals surface area contributed by atoms with Crippen LogP contribution in [0.3, 0.4) is 0 Å². The van der Waals surface area contributed by atoms with Crippen LogP contribution in [0.1, 0.15) is 34.1 Å². The number of hydrogen-bond donors (Lipinski definition) is 1. The van der Waals surface area contributed by atoms with Gasteiger partial charge < -0.3 is 9.30 Å². The van der Waals surface area contributed by atoms with Crippen LogP contribution in [0.5, 0.6) is 5.75 Å². The van der Waals surface area contributed by atoms with Crippen molar-refractivity contribution in [2.24, 2.45) is 5.10 Å². The molecule has 0 bridgehead atoms. The number of aromatic nitrogens is 2. The van der Waals surface area contributed by atoms with Crippen molar-refractivity contribution < 1.29 is 9.53 Å². The first-order valence-electron chi connectivity index (χ1n) is 12.0. The van der Waals surface area contributed by atoms with E-state index in [1.165, 1.54) is 5.56 Å². The molecule has 0 atom stereocenters. The number of carbonyl (C=O) groups excluding carboxylic acids is 1. The first-order valence-corrected chi connectivity index (χ1v) is 12.0. The Bertz CT molecular complexity index is 1610. The van der Waals surface area contributed by atoms with Gasteiger partial charge in [0.1, 0.15) is 5.75 Å². The Balaban J connectivity index is 1.50. The molecule has 0 spiro atoms. The highest BCUT2D eigenvalue weighted by atomic mass is 16.5. The maximum atomic E-state index is 13.3. The highest BCUT2D eigenvalue weighted by Crippen LogP contribution is 2.27. The number of ether oxygens (including phenoxy) is 1. The van der Waals surface area contributed by atoms with E-state index >= 15 is 0 Å². The summed E-state index contributed by atoms with van der Waals surface area (Å²) >= 11 is 0. The molecular formula is C30H28N4O2. The van der Waals surface area contributed by atoms with Crippen LogP contribution in [0, 0.1) is 13.8 Å². The fraction of sp³-hybridized carbons (Fsp3) is 0.167. The summed E-state index contributed by atoms with van der Waals surface area (Å²) in [4.78, 5) is 18.1. The Hall–Kier alpha value is -4.45. The number of methoxy groups -OCH3 is 1. The fourth-order valence-corrected chi connectivity index (χ4v) is 4.68. The normalized spacial score (nSPS) is 11.4. The smallest absolute Gasteiger partial charge is 0.272 e. The van der Waals surface area contributed by atoms with Gasteiger partial charge in [0.05, 0.1) is 30.1 Å². The molecule has 36 heavy (non-hydrogen) atoms. The highest BCUT2D eigenvalue weighted by Gasteiger charge is 2.15. The minimum absolute atomic E-state index is 0.285. The molecule has 0 unspecified atom stereocenters. The minimum Gasteiger partial charge on any atom is -0.497 e. The third kappa shape index (κ3) is 4.22. The number of hydrogen-bond acceptors (Lipinski definition) is 4. The summed E-state index contributed by atoms with van der Waals surface area (Å²) in [6, 6.07) is 23.5. The van der Waals surface area contributed by atoms with Gasteiger partial charge in [-0.15, -0.1) is 0 Å². The average Bonchev–Trinajstić information content (AvgIpc) is 3.17. The number of nitrogens with one attached hydrogen (secondary N) is 1. The summed E-state index contributed by atoms with van der Waals surface area (Å²) in [6.07, 6.45) is 1.74. The van der Waals surface area contributed by atoms with E-state index in [1.54, 1.807) is 13.3 Å². The van der Waals surface area contributed by atoms with Crippen molar-refractivity contribution in [2.45, 2.75) is 27.3 Å². The zero-order chi connectivity index (χ0) is 25.2. The van der Waals surface area contributed by atoms with Gasteiger partial charge in [0, 0.05) is 39.7 Å². The van der Waals surface area contributed by atoms with Crippen LogP contribution in [-0.4, -0.2) is 28.8 Å². The lowest BCUT2D eigenvalue weighted by Crippen LogP contribution is -2.18. The molecule has 0 fully saturated rings. The molecule has 0 aliphatic rings. The molecule has 5 rings (SSSR count). The van der Waals surface area contributed by atoms with Gasteiger partial charge in [-0.1, -0.05) is 29.8 Å². The Morgan fingerprint density at radius 1 is 1.03 bits per heavy atom. The van der Waals surface area contributed by atoms with Gasteiger partial charge in [-0.05, 0) is 69.3 Å². The van der Waals surface area contributed by atoms with E-state index in [0.717, 1.165) is 50.9 Å². The van der Waals surface area contributed by atoms with Crippen LogP contribution in [0.25, 0.3) is 33.1 Å². The summed E-state index contributed by atoms with van der Waals surface area (Å²) in [5.74, 6) is 0.481. The molecular weight excluding hydrogens is 448 g/mol. The van der Waals surface area contributed by atoms with Crippen LogP contribution in [0.4, 0.5) is 0 Å². The summed E-state index contributed by atoms with van der Waals surface area (Å²) in [5, 5.41) is 6.27. The second-order valence-corrected chi connectivity index (χ2v) is 8.76. The summed E-state index contributed by atoms with van der Waals surface area (Å²) in [5.41, 5.74) is 10.1. The number of fused-ring (bicyclic) bond motifs is 2. The summed E-state index contributed by atoms with van der Waals surface area (Å²) < 4.78 is 7.53. The molecule has 180 valence electrons. The lowest BCUT2D eigenvalue weighted by molar-refractivity contribution is 0.0956. The third-order valence-corrected chi connectivity index (χ3v) is 6.55. The number of amides is 1. The number of para-hydroxylation sites is 1. The Morgan fingerprint density at radius 3 is 2.56 bits per heavy atom. The van der Waals surface area contributed by atoms with Crippen molar-refractivity contribution in [2.75, 3.05) is 7.11 Å². The first kappa shape index (κ1) is 23.3. The number of nitrogens with zero attached hydrogens (tertiary/aromatic N) is 3. The molecule has 0 radical (unpaired) electrons. The van der Waals surface area contributed by atoms with E-state index in [2.05, 4.69) is 54.1 Å². The predicted octanol–water partition coefficient (Wildman–Crippen LogP) is 6.27. The van der Waals surface area contributed by atoms with Crippen LogP contribution < -0.4 is 10.2 Å². The topological polar surface area (TPSA) is 68.5 Å². The molecule has 3 aromatic carbocycles. The molecule has 5 aromatic rings. The zero-order valence-electron chi connectivity index (χ0n) is 20.9. The highest BCUT2D eigenvalue weighted by molar-refractivity contribution is 6.08. The third-order valence-electron chi connectivity index (χ3n) is 6.55. The maximum Gasteiger partial charge on any atom is 0.272 e. The van der Waals surface area contributed by atoms with Gasteiger partial charge in [-0.3, -0.25) is 4.79 Å². The van der Waals surface area contributed by atoms with Gasteiger partial charge in [-0.25, -0.2) is 10.4 Å². The second kappa shape index (κ2) is 9.66. The van der Waals surface area contributed by atoms with Gasteiger partial charge in [0.25, 0.3) is 5.91 Å². The van der Waals surface area contributed by atoms with E-state index < -0.39 is 0 Å². The van der Waals surface area contributed by atoms with Crippen LogP contribution in [0.15, 0.2) is 77.9 Å². The molecule has 0 aliphatic carbocycles. The molecule has 6 heteroatoms. The lowest BCUT2D eigenvalue weighted by atomic mass is 10.0. The fourth-order valence-electron chi connectivity index (χ4n) is 4.68. The minimum atomic E-state index is -0.285. The van der Waals surface area contributed by atoms with Gasteiger partial charge in [-0.2, -0.15) is 5.10 Å². The van der Waals surface area contributed by atoms with Gasteiger partial charge >= 0.3 is 0 Å². The Kier molecular flexibility index (Phi) is 6.25. The molecule has 0 saturated heterocycles. The van der Waals surface area contributed by atoms with Crippen molar-refractivity contribution in [3.8, 4) is 17.0 Å². The van der Waals surface area contributed by atoms with Crippen LogP contribution in [0.2, 0.25) is 0 Å². The van der Waals surface area contributed by atoms with Crippen molar-refractivity contribution in [1.29, 1.82) is 0 Å². The Morgan fingerprint density at radius 2 is 1.81 bits per heavy atom. The monoisotopic (exact) mass is 476 g/mol. The predicted molar refractivity (Wildman–Crippen MR) is 146 cm³/mol. The first-order chi connectivity index (χ1) is 17.5. The lowest BCUT2D eigenvalue weighted by Gasteiger charge is -2.09. The summed E-state index contributed by atoms with van der Waals surface area (Å²) in [6.45, 7) is 7.15. The standard InChI is InChI=1S/C30H28N4O2/c1-5-34-20(3)26(24-16-19(2)10-15-29(24)34)18-31-33-30(35)25-17-28(21-11-13-22(36-4)14-12-21)32-27-9-7-6-8-23(25)27/h6-18H,5H2,1-4H3,(H,33,35)/b31-18+. The van der Waals surface area contributed by atoms with Crippen molar-refractivity contribution >= 4 is 33.9 Å². The molecule has 0 aliphatic heterocycles. The largest absolute Gasteiger partial charge is 0.497 e. The second-order valence-electron chi connectivity index (χ2n) is 8.76. The Labute approximate surface area is 210 Å². The number of aryl methyl sites for hydroxylation is 2. The van der Waals surface area contributed by atoms with Crippen molar-refractivity contribution in [3.63, 3.8) is 0 Å². The zero-order valence-corrected chi connectivity index (χ0v) is 20.9. The number of hydrazone groups is 1. The van der Waals surface area contributed by atoms with Crippen LogP contribution in [-0.2, 0) is 6.54 Å². The molecule has 1 amide bonds.